The molecule has 15 aromatic rings. The maximum Gasteiger partial charge on any atom is 0.0618 e. The first-order chi connectivity index (χ1) is 38.2. The van der Waals surface area contributed by atoms with Crippen molar-refractivity contribution >= 4 is 82.2 Å². The van der Waals surface area contributed by atoms with Crippen molar-refractivity contribution < 1.29 is 0 Å². The van der Waals surface area contributed by atoms with Gasteiger partial charge >= 0.3 is 0 Å². The summed E-state index contributed by atoms with van der Waals surface area (Å²) < 4.78 is 4.79. The summed E-state index contributed by atoms with van der Waals surface area (Å²) in [6.07, 6.45) is 0. The molecule has 2 aromatic heterocycles. The van der Waals surface area contributed by atoms with Crippen molar-refractivity contribution in [3.05, 3.63) is 297 Å². The van der Waals surface area contributed by atoms with Gasteiger partial charge in [-0.1, -0.05) is 194 Å². The minimum Gasteiger partial charge on any atom is -0.309 e. The highest BCUT2D eigenvalue weighted by atomic mass is 15.1. The zero-order valence-corrected chi connectivity index (χ0v) is 42.1. The highest BCUT2D eigenvalue weighted by molar-refractivity contribution is 6.23. The number of para-hydroxylation sites is 5. The van der Waals surface area contributed by atoms with Crippen molar-refractivity contribution in [2.24, 2.45) is 0 Å². The van der Waals surface area contributed by atoms with E-state index in [1.165, 1.54) is 81.8 Å². The van der Waals surface area contributed by atoms with E-state index in [0.29, 0.717) is 0 Å². The Labute approximate surface area is 447 Å². The van der Waals surface area contributed by atoms with Crippen LogP contribution in [0.4, 0.5) is 17.1 Å². The Kier molecular flexibility index (Phi) is 10.5. The van der Waals surface area contributed by atoms with Gasteiger partial charge in [-0.2, -0.15) is 0 Å². The molecule has 0 spiro atoms. The number of anilines is 3. The number of hydrogen-bond acceptors (Lipinski definition) is 1. The number of aromatic nitrogens is 2. The lowest BCUT2D eigenvalue weighted by atomic mass is 9.86. The number of hydrogen-bond donors (Lipinski definition) is 0. The van der Waals surface area contributed by atoms with Crippen LogP contribution in [0.2, 0.25) is 0 Å². The predicted octanol–water partition coefficient (Wildman–Crippen LogP) is 20.3. The fraction of sp³-hybridized carbons (Fsp3) is 0. The van der Waals surface area contributed by atoms with Crippen LogP contribution in [0.15, 0.2) is 297 Å². The Morgan fingerprint density at radius 2 is 0.558 bits per heavy atom. The average Bonchev–Trinajstić information content (AvgIpc) is 4.14. The molecular weight excluding hydrogens is 931 g/mol. The monoisotopic (exact) mass is 979 g/mol. The lowest BCUT2D eigenvalue weighted by Crippen LogP contribution is -2.11. The van der Waals surface area contributed by atoms with Gasteiger partial charge in [0.05, 0.1) is 27.8 Å². The number of rotatable bonds is 9. The molecule has 15 rings (SSSR count). The van der Waals surface area contributed by atoms with Crippen molar-refractivity contribution in [2.75, 3.05) is 4.90 Å². The smallest absolute Gasteiger partial charge is 0.0618 e. The summed E-state index contributed by atoms with van der Waals surface area (Å²) in [4.78, 5) is 2.45. The molecule has 0 aliphatic carbocycles. The summed E-state index contributed by atoms with van der Waals surface area (Å²) in [5.74, 6) is 0. The molecule has 0 saturated carbocycles. The molecule has 0 fully saturated rings. The van der Waals surface area contributed by atoms with Gasteiger partial charge in [0, 0.05) is 55.1 Å². The Hall–Kier alpha value is -10.2. The molecule has 0 unspecified atom stereocenters. The quantitative estimate of drug-likeness (QED) is 0.131. The lowest BCUT2D eigenvalue weighted by molar-refractivity contribution is 1.18. The van der Waals surface area contributed by atoms with Crippen molar-refractivity contribution in [2.45, 2.75) is 0 Å². The number of nitrogens with zero attached hydrogens (tertiary/aromatic N) is 3. The van der Waals surface area contributed by atoms with E-state index in [4.69, 9.17) is 0 Å². The summed E-state index contributed by atoms with van der Waals surface area (Å²) >= 11 is 0. The third-order valence-corrected chi connectivity index (χ3v) is 15.6. The van der Waals surface area contributed by atoms with Gasteiger partial charge < -0.3 is 14.0 Å². The fourth-order valence-corrected chi connectivity index (χ4v) is 12.2. The van der Waals surface area contributed by atoms with Gasteiger partial charge in [-0.15, -0.1) is 0 Å². The molecule has 0 amide bonds. The number of benzene rings is 13. The molecule has 13 aromatic carbocycles. The van der Waals surface area contributed by atoms with E-state index >= 15 is 0 Å². The molecule has 0 radical (unpaired) electrons. The van der Waals surface area contributed by atoms with E-state index in [9.17, 15) is 0 Å². The summed E-state index contributed by atoms with van der Waals surface area (Å²) in [6.45, 7) is 0. The first-order valence-corrected chi connectivity index (χ1v) is 26.5. The second-order valence-corrected chi connectivity index (χ2v) is 20.0. The van der Waals surface area contributed by atoms with Crippen LogP contribution >= 0.6 is 0 Å². The van der Waals surface area contributed by atoms with E-state index in [2.05, 4.69) is 311 Å². The van der Waals surface area contributed by atoms with Crippen LogP contribution in [0, 0.1) is 0 Å². The molecule has 0 aliphatic heterocycles. The van der Waals surface area contributed by atoms with Gasteiger partial charge in [-0.05, 0) is 158 Å². The number of fused-ring (bicyclic) bond motifs is 8. The topological polar surface area (TPSA) is 13.1 Å². The standard InChI is InChI=1S/C74H49N3/c1-5-21-50(22-6-1)51-37-41-60(42-38-51)75(57-23-7-2-8-24-57)74-65-33-15-13-31-63(65)73(64-32-14-16-34-66(64)74)56-46-54(52-39-43-71-67(48-52)61-29-17-19-35-69(61)76(71)58-25-9-3-10-26-58)45-55(47-56)53-40-44-72-68(49-53)62-30-18-20-36-70(62)77(72)59-27-11-4-12-28-59/h1-49H. The van der Waals surface area contributed by atoms with Crippen LogP contribution in [-0.4, -0.2) is 9.13 Å². The fourth-order valence-electron chi connectivity index (χ4n) is 12.2. The molecule has 77 heavy (non-hydrogen) atoms. The van der Waals surface area contributed by atoms with Gasteiger partial charge in [0.25, 0.3) is 0 Å². The maximum atomic E-state index is 2.45. The summed E-state index contributed by atoms with van der Waals surface area (Å²) in [5.41, 5.74) is 19.8. The maximum absolute atomic E-state index is 2.45. The van der Waals surface area contributed by atoms with E-state index < -0.39 is 0 Å². The average molecular weight is 980 g/mol. The van der Waals surface area contributed by atoms with Crippen LogP contribution < -0.4 is 4.90 Å². The third kappa shape index (κ3) is 7.43. The van der Waals surface area contributed by atoms with E-state index in [1.54, 1.807) is 0 Å². The van der Waals surface area contributed by atoms with Gasteiger partial charge in [0.15, 0.2) is 0 Å². The molecule has 0 aliphatic rings. The highest BCUT2D eigenvalue weighted by Gasteiger charge is 2.24. The zero-order valence-electron chi connectivity index (χ0n) is 42.1. The SMILES string of the molecule is c1ccc(-c2ccc(N(c3ccccc3)c3c4ccccc4c(-c4cc(-c5ccc6c(c5)c5ccccc5n6-c5ccccc5)cc(-c5ccc6c(c5)c5ccccc5n6-c5ccccc5)c4)c4ccccc34)cc2)cc1. The Morgan fingerprint density at radius 3 is 1.05 bits per heavy atom. The van der Waals surface area contributed by atoms with Gasteiger partial charge in [-0.3, -0.25) is 0 Å². The normalized spacial score (nSPS) is 11.6. The summed E-state index contributed by atoms with van der Waals surface area (Å²) in [5, 5.41) is 9.64. The van der Waals surface area contributed by atoms with Gasteiger partial charge in [0.2, 0.25) is 0 Å². The van der Waals surface area contributed by atoms with Crippen LogP contribution in [0.25, 0.3) is 121 Å². The molecule has 360 valence electrons. The van der Waals surface area contributed by atoms with Gasteiger partial charge in [0.1, 0.15) is 0 Å². The minimum absolute atomic E-state index is 1.09. The summed E-state index contributed by atoms with van der Waals surface area (Å²) in [7, 11) is 0. The largest absolute Gasteiger partial charge is 0.309 e. The Morgan fingerprint density at radius 1 is 0.208 bits per heavy atom. The van der Waals surface area contributed by atoms with Crippen LogP contribution in [0.1, 0.15) is 0 Å². The Balaban J connectivity index is 0.983. The zero-order chi connectivity index (χ0) is 50.8. The molecule has 0 saturated heterocycles. The predicted molar refractivity (Wildman–Crippen MR) is 327 cm³/mol. The van der Waals surface area contributed by atoms with E-state index in [-0.39, 0.29) is 0 Å². The summed E-state index contributed by atoms with van der Waals surface area (Å²) in [6, 6.07) is 109. The first-order valence-electron chi connectivity index (χ1n) is 26.5. The molecule has 3 heteroatoms. The highest BCUT2D eigenvalue weighted by Crippen LogP contribution is 2.50. The molecule has 3 nitrogen and oxygen atoms in total. The van der Waals surface area contributed by atoms with Crippen molar-refractivity contribution in [1.29, 1.82) is 0 Å². The van der Waals surface area contributed by atoms with Gasteiger partial charge in [-0.25, -0.2) is 0 Å². The molecule has 0 N–H and O–H groups in total. The third-order valence-electron chi connectivity index (χ3n) is 15.6. The van der Waals surface area contributed by atoms with E-state index in [1.807, 2.05) is 0 Å². The second-order valence-electron chi connectivity index (χ2n) is 20.0. The lowest BCUT2D eigenvalue weighted by Gasteiger charge is -2.29. The van der Waals surface area contributed by atoms with Crippen molar-refractivity contribution in [3.8, 4) is 55.9 Å². The van der Waals surface area contributed by atoms with E-state index in [0.717, 1.165) is 56.3 Å². The Bertz CT molecular complexity index is 4480. The molecule has 0 atom stereocenters. The molecular formula is C74H49N3. The molecule has 0 bridgehead atoms. The molecule has 2 heterocycles. The minimum atomic E-state index is 1.09. The van der Waals surface area contributed by atoms with Crippen LogP contribution in [-0.2, 0) is 0 Å². The van der Waals surface area contributed by atoms with Crippen LogP contribution in [0.5, 0.6) is 0 Å². The van der Waals surface area contributed by atoms with Crippen LogP contribution in [0.3, 0.4) is 0 Å². The first kappa shape index (κ1) is 44.3. The second kappa shape index (κ2) is 18.3. The van der Waals surface area contributed by atoms with Crippen molar-refractivity contribution in [1.82, 2.24) is 9.13 Å². The van der Waals surface area contributed by atoms with Crippen molar-refractivity contribution in [3.63, 3.8) is 0 Å².